The number of nitrogens with two attached hydrogens (primary N) is 1. The fraction of sp³-hybridized carbons (Fsp3) is 0.143. The van der Waals surface area contributed by atoms with Crippen molar-refractivity contribution in [1.29, 1.82) is 0 Å². The molecule has 0 saturated carbocycles. The molecule has 2 N–H and O–H groups in total. The van der Waals surface area contributed by atoms with Gasteiger partial charge in [-0.3, -0.25) is 0 Å². The van der Waals surface area contributed by atoms with E-state index in [1.165, 1.54) is 0 Å². The van der Waals surface area contributed by atoms with Gasteiger partial charge in [-0.2, -0.15) is 0 Å². The summed E-state index contributed by atoms with van der Waals surface area (Å²) in [6.45, 7) is 0.569. The zero-order valence-corrected chi connectivity index (χ0v) is 11.6. The molecule has 0 unspecified atom stereocenters. The lowest BCUT2D eigenvalue weighted by Gasteiger charge is -2.10. The summed E-state index contributed by atoms with van der Waals surface area (Å²) in [6, 6.07) is 13.0. The van der Waals surface area contributed by atoms with Crippen LogP contribution in [0.5, 0.6) is 5.75 Å². The molecule has 2 aromatic carbocycles. The Balaban J connectivity index is 1.85. The minimum atomic E-state index is 0.0943. The van der Waals surface area contributed by atoms with E-state index in [0.29, 0.717) is 28.1 Å². The van der Waals surface area contributed by atoms with Crippen molar-refractivity contribution in [3.8, 4) is 5.75 Å². The predicted octanol–water partition coefficient (Wildman–Crippen LogP) is 4.13. The standard InChI is InChI=1S/C14H13Cl2NO2/c15-11-6-13(17)14(7-12(11)16)19-9-18-8-10-4-2-1-3-5-10/h1-7H,8-9,17H2. The van der Waals surface area contributed by atoms with Crippen LogP contribution in [0.15, 0.2) is 42.5 Å². The molecular formula is C14H13Cl2NO2. The highest BCUT2D eigenvalue weighted by atomic mass is 35.5. The smallest absolute Gasteiger partial charge is 0.189 e. The van der Waals surface area contributed by atoms with E-state index in [4.69, 9.17) is 38.4 Å². The minimum absolute atomic E-state index is 0.0943. The summed E-state index contributed by atoms with van der Waals surface area (Å²) in [5.74, 6) is 0.461. The number of anilines is 1. The van der Waals surface area contributed by atoms with E-state index in [2.05, 4.69) is 0 Å². The molecule has 0 aliphatic carbocycles. The van der Waals surface area contributed by atoms with Crippen molar-refractivity contribution in [2.45, 2.75) is 6.61 Å². The third kappa shape index (κ3) is 4.03. The highest BCUT2D eigenvalue weighted by molar-refractivity contribution is 6.42. The molecule has 0 amide bonds. The maximum atomic E-state index is 5.89. The molecule has 3 nitrogen and oxygen atoms in total. The summed E-state index contributed by atoms with van der Waals surface area (Å²) in [7, 11) is 0. The first kappa shape index (κ1) is 14.0. The summed E-state index contributed by atoms with van der Waals surface area (Å²) >= 11 is 11.7. The second-order valence-electron chi connectivity index (χ2n) is 3.90. The van der Waals surface area contributed by atoms with Gasteiger partial charge in [0.05, 0.1) is 22.3 Å². The number of hydrogen-bond donors (Lipinski definition) is 1. The molecular weight excluding hydrogens is 285 g/mol. The normalized spacial score (nSPS) is 10.4. The van der Waals surface area contributed by atoms with Gasteiger partial charge in [-0.15, -0.1) is 0 Å². The van der Waals surface area contributed by atoms with Crippen LogP contribution in [0.25, 0.3) is 0 Å². The van der Waals surface area contributed by atoms with Crippen molar-refractivity contribution in [2.75, 3.05) is 12.5 Å². The molecule has 0 atom stereocenters. The lowest BCUT2D eigenvalue weighted by molar-refractivity contribution is 0.00547. The first-order valence-corrected chi connectivity index (χ1v) is 6.41. The Bertz CT molecular complexity index is 547. The first-order chi connectivity index (χ1) is 9.16. The van der Waals surface area contributed by atoms with Crippen LogP contribution in [0.4, 0.5) is 5.69 Å². The molecule has 0 bridgehead atoms. The first-order valence-electron chi connectivity index (χ1n) is 5.66. The second-order valence-corrected chi connectivity index (χ2v) is 4.71. The number of benzene rings is 2. The van der Waals surface area contributed by atoms with E-state index in [1.54, 1.807) is 12.1 Å². The van der Waals surface area contributed by atoms with E-state index in [1.807, 2.05) is 30.3 Å². The van der Waals surface area contributed by atoms with Gasteiger partial charge in [0, 0.05) is 6.07 Å². The Morgan fingerprint density at radius 3 is 2.42 bits per heavy atom. The number of hydrogen-bond acceptors (Lipinski definition) is 3. The number of ether oxygens (including phenoxy) is 2. The molecule has 0 spiro atoms. The van der Waals surface area contributed by atoms with Gasteiger partial charge in [-0.05, 0) is 11.6 Å². The molecule has 0 aliphatic heterocycles. The topological polar surface area (TPSA) is 44.5 Å². The van der Waals surface area contributed by atoms with Crippen LogP contribution >= 0.6 is 23.2 Å². The van der Waals surface area contributed by atoms with Crippen LogP contribution in [0.3, 0.4) is 0 Å². The monoisotopic (exact) mass is 297 g/mol. The molecule has 0 aromatic heterocycles. The zero-order chi connectivity index (χ0) is 13.7. The maximum absolute atomic E-state index is 5.89. The molecule has 0 fully saturated rings. The Kier molecular flexibility index (Phi) is 4.91. The summed E-state index contributed by atoms with van der Waals surface area (Å²) < 4.78 is 10.8. The lowest BCUT2D eigenvalue weighted by Crippen LogP contribution is -2.04. The van der Waals surface area contributed by atoms with Crippen LogP contribution < -0.4 is 10.5 Å². The molecule has 0 aliphatic rings. The second kappa shape index (κ2) is 6.66. The van der Waals surface area contributed by atoms with E-state index in [-0.39, 0.29) is 6.79 Å². The van der Waals surface area contributed by atoms with Crippen LogP contribution in [0.1, 0.15) is 5.56 Å². The Morgan fingerprint density at radius 2 is 1.68 bits per heavy atom. The van der Waals surface area contributed by atoms with Crippen LogP contribution in [-0.4, -0.2) is 6.79 Å². The quantitative estimate of drug-likeness (QED) is 0.513. The summed E-state index contributed by atoms with van der Waals surface area (Å²) in [5, 5.41) is 0.797. The van der Waals surface area contributed by atoms with E-state index >= 15 is 0 Å². The van der Waals surface area contributed by atoms with Gasteiger partial charge in [0.15, 0.2) is 6.79 Å². The van der Waals surface area contributed by atoms with Crippen LogP contribution in [0, 0.1) is 0 Å². The Labute approximate surface area is 121 Å². The molecule has 5 heteroatoms. The van der Waals surface area contributed by atoms with Gasteiger partial charge in [-0.25, -0.2) is 0 Å². The summed E-state index contributed by atoms with van der Waals surface area (Å²) in [4.78, 5) is 0. The third-order valence-corrected chi connectivity index (χ3v) is 3.18. The molecule has 0 heterocycles. The average Bonchev–Trinajstić information content (AvgIpc) is 2.41. The third-order valence-electron chi connectivity index (χ3n) is 2.46. The van der Waals surface area contributed by atoms with Gasteiger partial charge in [0.25, 0.3) is 0 Å². The fourth-order valence-corrected chi connectivity index (χ4v) is 1.83. The van der Waals surface area contributed by atoms with Gasteiger partial charge in [-0.1, -0.05) is 53.5 Å². The van der Waals surface area contributed by atoms with Crippen LogP contribution in [0.2, 0.25) is 10.0 Å². The fourth-order valence-electron chi connectivity index (χ4n) is 1.51. The Hall–Kier alpha value is -1.42. The van der Waals surface area contributed by atoms with Gasteiger partial charge in [0.1, 0.15) is 5.75 Å². The van der Waals surface area contributed by atoms with E-state index in [0.717, 1.165) is 5.56 Å². The van der Waals surface area contributed by atoms with Crippen molar-refractivity contribution < 1.29 is 9.47 Å². The highest BCUT2D eigenvalue weighted by Crippen LogP contribution is 2.32. The number of nitrogen functional groups attached to an aromatic ring is 1. The van der Waals surface area contributed by atoms with Gasteiger partial charge < -0.3 is 15.2 Å². The molecule has 2 rings (SSSR count). The summed E-state index contributed by atoms with van der Waals surface area (Å²) in [5.41, 5.74) is 7.27. The lowest BCUT2D eigenvalue weighted by atomic mass is 10.2. The Morgan fingerprint density at radius 1 is 1.00 bits per heavy atom. The van der Waals surface area contributed by atoms with Gasteiger partial charge in [0.2, 0.25) is 0 Å². The number of halogens is 2. The van der Waals surface area contributed by atoms with E-state index in [9.17, 15) is 0 Å². The van der Waals surface area contributed by atoms with Crippen molar-refractivity contribution >= 4 is 28.9 Å². The molecule has 0 saturated heterocycles. The van der Waals surface area contributed by atoms with Crippen molar-refractivity contribution in [2.24, 2.45) is 0 Å². The predicted molar refractivity (Wildman–Crippen MR) is 77.6 cm³/mol. The average molecular weight is 298 g/mol. The van der Waals surface area contributed by atoms with E-state index < -0.39 is 0 Å². The molecule has 100 valence electrons. The molecule has 0 radical (unpaired) electrons. The largest absolute Gasteiger partial charge is 0.465 e. The molecule has 2 aromatic rings. The van der Waals surface area contributed by atoms with Gasteiger partial charge >= 0.3 is 0 Å². The zero-order valence-electron chi connectivity index (χ0n) is 10.1. The number of rotatable bonds is 5. The van der Waals surface area contributed by atoms with Crippen molar-refractivity contribution in [1.82, 2.24) is 0 Å². The highest BCUT2D eigenvalue weighted by Gasteiger charge is 2.06. The maximum Gasteiger partial charge on any atom is 0.189 e. The van der Waals surface area contributed by atoms with Crippen molar-refractivity contribution in [3.05, 3.63) is 58.1 Å². The van der Waals surface area contributed by atoms with Crippen LogP contribution in [-0.2, 0) is 11.3 Å². The summed E-state index contributed by atoms with van der Waals surface area (Å²) in [6.07, 6.45) is 0. The SMILES string of the molecule is Nc1cc(Cl)c(Cl)cc1OCOCc1ccccc1. The minimum Gasteiger partial charge on any atom is -0.465 e. The molecule has 19 heavy (non-hydrogen) atoms. The van der Waals surface area contributed by atoms with Crippen molar-refractivity contribution in [3.63, 3.8) is 0 Å².